The number of nitrogens with two attached hydrogens (primary N) is 1. The first-order chi connectivity index (χ1) is 9.83. The van der Waals surface area contributed by atoms with Crippen LogP contribution in [0.4, 0.5) is 11.5 Å². The summed E-state index contributed by atoms with van der Waals surface area (Å²) in [5, 5.41) is 5.62. The molecule has 0 saturated heterocycles. The molecule has 3 nitrogen and oxygen atoms in total. The van der Waals surface area contributed by atoms with Crippen LogP contribution in [0.2, 0.25) is 0 Å². The minimum absolute atomic E-state index is 0.761. The first-order valence-corrected chi connectivity index (χ1v) is 6.75. The highest BCUT2D eigenvalue weighted by Gasteiger charge is 2.02. The van der Waals surface area contributed by atoms with E-state index in [0.29, 0.717) is 0 Å². The molecule has 0 aliphatic carbocycles. The number of fused-ring (bicyclic) bond motifs is 1. The lowest BCUT2D eigenvalue weighted by Crippen LogP contribution is -2.06. The Hall–Kier alpha value is -2.55. The zero-order valence-corrected chi connectivity index (χ0v) is 11.2. The van der Waals surface area contributed by atoms with Gasteiger partial charge in [0.1, 0.15) is 5.82 Å². The Morgan fingerprint density at radius 2 is 1.85 bits per heavy atom. The summed E-state index contributed by atoms with van der Waals surface area (Å²) in [5.74, 6) is 0.894. The third-order valence-electron chi connectivity index (χ3n) is 3.34. The molecule has 0 aliphatic heterocycles. The van der Waals surface area contributed by atoms with Gasteiger partial charge in [-0.15, -0.1) is 0 Å². The number of pyridine rings is 1. The molecule has 0 saturated carbocycles. The van der Waals surface area contributed by atoms with Crippen molar-refractivity contribution < 1.29 is 0 Å². The van der Waals surface area contributed by atoms with Crippen LogP contribution in [0.1, 0.15) is 5.56 Å². The van der Waals surface area contributed by atoms with Crippen molar-refractivity contribution in [1.29, 1.82) is 0 Å². The summed E-state index contributed by atoms with van der Waals surface area (Å²) in [6.45, 7) is 0.852. The molecule has 3 N–H and O–H groups in total. The van der Waals surface area contributed by atoms with Gasteiger partial charge in [0.05, 0.1) is 0 Å². The maximum Gasteiger partial charge on any atom is 0.133 e. The van der Waals surface area contributed by atoms with Gasteiger partial charge in [0, 0.05) is 23.8 Å². The topological polar surface area (TPSA) is 50.9 Å². The maximum atomic E-state index is 5.86. The minimum Gasteiger partial charge on any atom is -0.399 e. The summed E-state index contributed by atoms with van der Waals surface area (Å²) in [6.07, 6.45) is 2.80. The van der Waals surface area contributed by atoms with E-state index in [4.69, 9.17) is 5.73 Å². The van der Waals surface area contributed by atoms with E-state index in [1.54, 1.807) is 0 Å². The molecule has 0 radical (unpaired) electrons. The van der Waals surface area contributed by atoms with Crippen LogP contribution in [0.15, 0.2) is 60.8 Å². The SMILES string of the molecule is Nc1ccc2ccnc(NCCc3ccccc3)c2c1. The second kappa shape index (κ2) is 5.61. The van der Waals surface area contributed by atoms with Crippen LogP contribution in [-0.2, 0) is 6.42 Å². The summed E-state index contributed by atoms with van der Waals surface area (Å²) in [5.41, 5.74) is 7.94. The Morgan fingerprint density at radius 3 is 2.70 bits per heavy atom. The fraction of sp³-hybridized carbons (Fsp3) is 0.118. The van der Waals surface area contributed by atoms with E-state index >= 15 is 0 Å². The van der Waals surface area contributed by atoms with Crippen molar-refractivity contribution in [3.05, 3.63) is 66.4 Å². The fourth-order valence-electron chi connectivity index (χ4n) is 2.30. The van der Waals surface area contributed by atoms with E-state index in [0.717, 1.165) is 35.2 Å². The highest BCUT2D eigenvalue weighted by atomic mass is 15.0. The van der Waals surface area contributed by atoms with Crippen LogP contribution < -0.4 is 11.1 Å². The van der Waals surface area contributed by atoms with Crippen LogP contribution in [-0.4, -0.2) is 11.5 Å². The number of nitrogens with zero attached hydrogens (tertiary/aromatic N) is 1. The lowest BCUT2D eigenvalue weighted by Gasteiger charge is -2.09. The molecule has 3 heteroatoms. The van der Waals surface area contributed by atoms with E-state index in [2.05, 4.69) is 34.6 Å². The normalized spacial score (nSPS) is 10.6. The number of hydrogen-bond donors (Lipinski definition) is 2. The van der Waals surface area contributed by atoms with E-state index in [9.17, 15) is 0 Å². The van der Waals surface area contributed by atoms with Gasteiger partial charge in [-0.25, -0.2) is 4.98 Å². The van der Waals surface area contributed by atoms with Gasteiger partial charge in [-0.1, -0.05) is 36.4 Å². The van der Waals surface area contributed by atoms with Gasteiger partial charge >= 0.3 is 0 Å². The summed E-state index contributed by atoms with van der Waals surface area (Å²) >= 11 is 0. The molecule has 1 heterocycles. The van der Waals surface area contributed by atoms with Crippen molar-refractivity contribution in [1.82, 2.24) is 4.98 Å². The van der Waals surface area contributed by atoms with Crippen molar-refractivity contribution >= 4 is 22.3 Å². The summed E-state index contributed by atoms with van der Waals surface area (Å²) in [6, 6.07) is 18.3. The van der Waals surface area contributed by atoms with Gasteiger partial charge < -0.3 is 11.1 Å². The van der Waals surface area contributed by atoms with Crippen LogP contribution >= 0.6 is 0 Å². The Kier molecular flexibility index (Phi) is 3.50. The van der Waals surface area contributed by atoms with Gasteiger partial charge in [-0.05, 0) is 35.6 Å². The molecule has 3 rings (SSSR count). The predicted molar refractivity (Wildman–Crippen MR) is 84.8 cm³/mol. The summed E-state index contributed by atoms with van der Waals surface area (Å²) in [7, 11) is 0. The average molecular weight is 263 g/mol. The molecule has 0 bridgehead atoms. The number of benzene rings is 2. The van der Waals surface area contributed by atoms with Crippen LogP contribution in [0.5, 0.6) is 0 Å². The van der Waals surface area contributed by atoms with Crippen molar-refractivity contribution in [2.45, 2.75) is 6.42 Å². The largest absolute Gasteiger partial charge is 0.399 e. The van der Waals surface area contributed by atoms with Crippen molar-refractivity contribution in [2.75, 3.05) is 17.6 Å². The van der Waals surface area contributed by atoms with E-state index < -0.39 is 0 Å². The summed E-state index contributed by atoms with van der Waals surface area (Å²) < 4.78 is 0. The van der Waals surface area contributed by atoms with Gasteiger partial charge in [-0.2, -0.15) is 0 Å². The molecule has 0 amide bonds. The van der Waals surface area contributed by atoms with Crippen LogP contribution in [0.25, 0.3) is 10.8 Å². The zero-order chi connectivity index (χ0) is 13.8. The van der Waals surface area contributed by atoms with E-state index in [-0.39, 0.29) is 0 Å². The van der Waals surface area contributed by atoms with Crippen LogP contribution in [0.3, 0.4) is 0 Å². The lowest BCUT2D eigenvalue weighted by atomic mass is 10.1. The number of rotatable bonds is 4. The van der Waals surface area contributed by atoms with E-state index in [1.165, 1.54) is 5.56 Å². The molecular weight excluding hydrogens is 246 g/mol. The fourth-order valence-corrected chi connectivity index (χ4v) is 2.30. The summed E-state index contributed by atoms with van der Waals surface area (Å²) in [4.78, 5) is 4.41. The number of nitrogens with one attached hydrogen (secondary N) is 1. The Labute approximate surface area is 118 Å². The monoisotopic (exact) mass is 263 g/mol. The zero-order valence-electron chi connectivity index (χ0n) is 11.2. The molecule has 20 heavy (non-hydrogen) atoms. The average Bonchev–Trinajstić information content (AvgIpc) is 2.49. The standard InChI is InChI=1S/C17H17N3/c18-15-7-6-14-9-11-20-17(16(14)12-15)19-10-8-13-4-2-1-3-5-13/h1-7,9,11-12H,8,10,18H2,(H,19,20). The third-order valence-corrected chi connectivity index (χ3v) is 3.34. The molecule has 2 aromatic carbocycles. The van der Waals surface area contributed by atoms with Crippen molar-refractivity contribution in [2.24, 2.45) is 0 Å². The van der Waals surface area contributed by atoms with Gasteiger partial charge in [0.2, 0.25) is 0 Å². The first kappa shape index (κ1) is 12.5. The molecule has 100 valence electrons. The Balaban J connectivity index is 1.76. The van der Waals surface area contributed by atoms with Crippen molar-refractivity contribution in [3.8, 4) is 0 Å². The second-order valence-corrected chi connectivity index (χ2v) is 4.80. The quantitative estimate of drug-likeness (QED) is 0.709. The molecule has 3 aromatic rings. The minimum atomic E-state index is 0.761. The molecule has 0 unspecified atom stereocenters. The van der Waals surface area contributed by atoms with Crippen molar-refractivity contribution in [3.63, 3.8) is 0 Å². The maximum absolute atomic E-state index is 5.86. The number of nitrogen functional groups attached to an aromatic ring is 1. The lowest BCUT2D eigenvalue weighted by molar-refractivity contribution is 1.01. The predicted octanol–water partition coefficient (Wildman–Crippen LogP) is 3.47. The van der Waals surface area contributed by atoms with Gasteiger partial charge in [0.15, 0.2) is 0 Å². The molecule has 0 spiro atoms. The number of hydrogen-bond acceptors (Lipinski definition) is 3. The number of aromatic nitrogens is 1. The highest BCUT2D eigenvalue weighted by molar-refractivity contribution is 5.93. The third kappa shape index (κ3) is 2.72. The molecule has 1 aromatic heterocycles. The Morgan fingerprint density at radius 1 is 1.00 bits per heavy atom. The second-order valence-electron chi connectivity index (χ2n) is 4.80. The van der Waals surface area contributed by atoms with Gasteiger partial charge in [-0.3, -0.25) is 0 Å². The smallest absolute Gasteiger partial charge is 0.133 e. The number of anilines is 2. The molecular formula is C17H17N3. The molecule has 0 aliphatic rings. The highest BCUT2D eigenvalue weighted by Crippen LogP contribution is 2.23. The molecule has 0 fully saturated rings. The Bertz CT molecular complexity index is 708. The van der Waals surface area contributed by atoms with Crippen LogP contribution in [0, 0.1) is 0 Å². The van der Waals surface area contributed by atoms with Gasteiger partial charge in [0.25, 0.3) is 0 Å². The first-order valence-electron chi connectivity index (χ1n) is 6.75. The van der Waals surface area contributed by atoms with E-state index in [1.807, 2.05) is 36.5 Å². The molecule has 0 atom stereocenters.